The highest BCUT2D eigenvalue weighted by Crippen LogP contribution is 2.16. The fourth-order valence-electron chi connectivity index (χ4n) is 3.35. The van der Waals surface area contributed by atoms with Gasteiger partial charge in [0.2, 0.25) is 0 Å². The molecule has 0 aliphatic carbocycles. The average Bonchev–Trinajstić information content (AvgIpc) is 2.74. The molecule has 1 heterocycles. The Bertz CT molecular complexity index is 611. The molecule has 172 valence electrons. The van der Waals surface area contributed by atoms with Crippen LogP contribution in [0.1, 0.15) is 33.6 Å². The summed E-state index contributed by atoms with van der Waals surface area (Å²) in [4.78, 5) is 9.65. The molecule has 1 unspecified atom stereocenters. The molecule has 0 radical (unpaired) electrons. The van der Waals surface area contributed by atoms with Crippen molar-refractivity contribution < 1.29 is 9.13 Å². The summed E-state index contributed by atoms with van der Waals surface area (Å²) >= 11 is 0. The van der Waals surface area contributed by atoms with Crippen molar-refractivity contribution in [2.75, 3.05) is 58.9 Å². The summed E-state index contributed by atoms with van der Waals surface area (Å²) < 4.78 is 19.3. The standard InChI is InChI=1S/C22H38FN5O.HI/c1-4-24-22(26-18-19(3)29-21-11-7-6-10-20(21)23)25-12-8-9-13-28-16-14-27(5-2)15-17-28;/h6-7,10-11,19H,4-5,8-9,12-18H2,1-3H3,(H2,24,25,26);1H. The first kappa shape index (κ1) is 26.9. The van der Waals surface area contributed by atoms with Gasteiger partial charge in [-0.2, -0.15) is 0 Å². The normalized spacial score (nSPS) is 16.6. The van der Waals surface area contributed by atoms with Crippen LogP contribution < -0.4 is 15.4 Å². The molecule has 1 aromatic carbocycles. The summed E-state index contributed by atoms with van der Waals surface area (Å²) in [6.07, 6.45) is 2.09. The average molecular weight is 535 g/mol. The Hall–Kier alpha value is -1.13. The number of nitrogens with one attached hydrogen (secondary N) is 2. The molecule has 30 heavy (non-hydrogen) atoms. The lowest BCUT2D eigenvalue weighted by Crippen LogP contribution is -2.46. The molecule has 1 atom stereocenters. The number of guanidine groups is 1. The van der Waals surface area contributed by atoms with Gasteiger partial charge in [-0.05, 0) is 51.9 Å². The predicted octanol–water partition coefficient (Wildman–Crippen LogP) is 3.18. The van der Waals surface area contributed by atoms with Crippen molar-refractivity contribution >= 4 is 29.9 Å². The van der Waals surface area contributed by atoms with Gasteiger partial charge >= 0.3 is 0 Å². The van der Waals surface area contributed by atoms with E-state index in [2.05, 4.69) is 32.3 Å². The van der Waals surface area contributed by atoms with Crippen molar-refractivity contribution in [3.05, 3.63) is 30.1 Å². The van der Waals surface area contributed by atoms with Crippen LogP contribution in [0.25, 0.3) is 0 Å². The Morgan fingerprint density at radius 3 is 2.47 bits per heavy atom. The monoisotopic (exact) mass is 535 g/mol. The number of rotatable bonds is 11. The number of benzene rings is 1. The van der Waals surface area contributed by atoms with Crippen molar-refractivity contribution in [3.63, 3.8) is 0 Å². The van der Waals surface area contributed by atoms with Gasteiger partial charge in [-0.3, -0.25) is 0 Å². The molecule has 2 N–H and O–H groups in total. The zero-order valence-electron chi connectivity index (χ0n) is 18.7. The summed E-state index contributed by atoms with van der Waals surface area (Å²) in [5.74, 6) is 0.713. The van der Waals surface area contributed by atoms with Crippen LogP contribution in [0.15, 0.2) is 29.3 Å². The van der Waals surface area contributed by atoms with Crippen LogP contribution in [0.5, 0.6) is 5.75 Å². The van der Waals surface area contributed by atoms with Crippen LogP contribution in [0.3, 0.4) is 0 Å². The van der Waals surface area contributed by atoms with E-state index in [1.165, 1.54) is 45.2 Å². The van der Waals surface area contributed by atoms with Crippen LogP contribution >= 0.6 is 24.0 Å². The lowest BCUT2D eigenvalue weighted by Gasteiger charge is -2.34. The van der Waals surface area contributed by atoms with E-state index in [4.69, 9.17) is 4.74 Å². The molecule has 1 aromatic rings. The number of halogens is 2. The second-order valence-electron chi connectivity index (χ2n) is 7.49. The molecule has 1 aliphatic rings. The molecule has 1 saturated heterocycles. The Morgan fingerprint density at radius 1 is 1.10 bits per heavy atom. The Morgan fingerprint density at radius 2 is 1.80 bits per heavy atom. The van der Waals surface area contributed by atoms with E-state index >= 15 is 0 Å². The minimum absolute atomic E-state index is 0. The van der Waals surface area contributed by atoms with Crippen molar-refractivity contribution in [2.45, 2.75) is 39.7 Å². The lowest BCUT2D eigenvalue weighted by molar-refractivity contribution is 0.136. The molecule has 6 nitrogen and oxygen atoms in total. The molecule has 0 aromatic heterocycles. The van der Waals surface area contributed by atoms with Crippen LogP contribution in [0.4, 0.5) is 4.39 Å². The third kappa shape index (κ3) is 10.3. The lowest BCUT2D eigenvalue weighted by atomic mass is 10.2. The fraction of sp³-hybridized carbons (Fsp3) is 0.682. The number of ether oxygens (including phenoxy) is 1. The molecule has 1 fully saturated rings. The van der Waals surface area contributed by atoms with E-state index in [1.54, 1.807) is 18.2 Å². The Labute approximate surface area is 198 Å². The maximum absolute atomic E-state index is 13.7. The molecular formula is C22H39FIN5O. The molecule has 0 bridgehead atoms. The van der Waals surface area contributed by atoms with Crippen LogP contribution in [0, 0.1) is 5.82 Å². The van der Waals surface area contributed by atoms with Crippen molar-refractivity contribution in [1.82, 2.24) is 20.4 Å². The van der Waals surface area contributed by atoms with Gasteiger partial charge in [0.25, 0.3) is 0 Å². The molecule has 8 heteroatoms. The molecule has 0 amide bonds. The van der Waals surface area contributed by atoms with Gasteiger partial charge in [0.1, 0.15) is 6.10 Å². The van der Waals surface area contributed by atoms with E-state index in [0.717, 1.165) is 32.0 Å². The smallest absolute Gasteiger partial charge is 0.191 e. The summed E-state index contributed by atoms with van der Waals surface area (Å²) in [6, 6.07) is 6.47. The minimum Gasteiger partial charge on any atom is -0.486 e. The third-order valence-corrected chi connectivity index (χ3v) is 5.12. The number of hydrogen-bond acceptors (Lipinski definition) is 4. The van der Waals surface area contributed by atoms with Gasteiger partial charge in [0.15, 0.2) is 17.5 Å². The third-order valence-electron chi connectivity index (χ3n) is 5.12. The predicted molar refractivity (Wildman–Crippen MR) is 134 cm³/mol. The van der Waals surface area contributed by atoms with Gasteiger partial charge in [-0.15, -0.1) is 24.0 Å². The van der Waals surface area contributed by atoms with E-state index in [0.29, 0.717) is 6.54 Å². The van der Waals surface area contributed by atoms with Gasteiger partial charge < -0.3 is 25.2 Å². The summed E-state index contributed by atoms with van der Waals surface area (Å²) in [6.45, 7) is 15.4. The summed E-state index contributed by atoms with van der Waals surface area (Å²) in [5.41, 5.74) is 0. The van der Waals surface area contributed by atoms with Crippen molar-refractivity contribution in [1.29, 1.82) is 0 Å². The Kier molecular flexibility index (Phi) is 14.0. The molecule has 0 saturated carbocycles. The van der Waals surface area contributed by atoms with Gasteiger partial charge in [0, 0.05) is 39.3 Å². The number of piperazine rings is 1. The number of likely N-dealkylation sites (N-methyl/N-ethyl adjacent to an activating group) is 1. The van der Waals surface area contributed by atoms with E-state index in [9.17, 15) is 4.39 Å². The van der Waals surface area contributed by atoms with Crippen LogP contribution in [-0.2, 0) is 0 Å². The van der Waals surface area contributed by atoms with E-state index in [-0.39, 0.29) is 41.6 Å². The maximum atomic E-state index is 13.7. The van der Waals surface area contributed by atoms with E-state index < -0.39 is 0 Å². The number of nitrogens with zero attached hydrogens (tertiary/aromatic N) is 3. The topological polar surface area (TPSA) is 52.1 Å². The van der Waals surface area contributed by atoms with Crippen LogP contribution in [0.2, 0.25) is 0 Å². The molecular weight excluding hydrogens is 496 g/mol. The Balaban J connectivity index is 0.00000450. The maximum Gasteiger partial charge on any atom is 0.191 e. The number of para-hydroxylation sites is 1. The number of hydrogen-bond donors (Lipinski definition) is 2. The van der Waals surface area contributed by atoms with Gasteiger partial charge in [-0.1, -0.05) is 19.1 Å². The molecule has 1 aliphatic heterocycles. The first-order chi connectivity index (χ1) is 14.1. The van der Waals surface area contributed by atoms with E-state index in [1.807, 2.05) is 13.8 Å². The zero-order valence-corrected chi connectivity index (χ0v) is 21.0. The first-order valence-corrected chi connectivity index (χ1v) is 11.0. The second kappa shape index (κ2) is 15.6. The quantitative estimate of drug-likeness (QED) is 0.197. The van der Waals surface area contributed by atoms with Gasteiger partial charge in [0.05, 0.1) is 6.54 Å². The largest absolute Gasteiger partial charge is 0.486 e. The highest BCUT2D eigenvalue weighted by Gasteiger charge is 2.14. The SMILES string of the molecule is CCNC(=NCC(C)Oc1ccccc1F)NCCCCN1CCN(CC)CC1.I. The van der Waals surface area contributed by atoms with Gasteiger partial charge in [-0.25, -0.2) is 9.38 Å². The zero-order chi connectivity index (χ0) is 20.9. The van der Waals surface area contributed by atoms with Crippen molar-refractivity contribution in [3.8, 4) is 5.75 Å². The first-order valence-electron chi connectivity index (χ1n) is 11.0. The fourth-order valence-corrected chi connectivity index (χ4v) is 3.35. The molecule has 2 rings (SSSR count). The molecule has 0 spiro atoms. The summed E-state index contributed by atoms with van der Waals surface area (Å²) in [7, 11) is 0. The second-order valence-corrected chi connectivity index (χ2v) is 7.49. The summed E-state index contributed by atoms with van der Waals surface area (Å²) in [5, 5.41) is 6.65. The minimum atomic E-state index is -0.343. The highest BCUT2D eigenvalue weighted by molar-refractivity contribution is 14.0. The number of unbranched alkanes of at least 4 members (excludes halogenated alkanes) is 1. The number of aliphatic imine (C=N–C) groups is 1. The van der Waals surface area contributed by atoms with Crippen LogP contribution in [-0.4, -0.2) is 80.8 Å². The van der Waals surface area contributed by atoms with Crippen molar-refractivity contribution in [2.24, 2.45) is 4.99 Å². The highest BCUT2D eigenvalue weighted by atomic mass is 127.